The predicted octanol–water partition coefficient (Wildman–Crippen LogP) is 5.09. The SMILES string of the molecule is C/C(=C\C(C)(C)C)c1ccc(C(=O)Nc2ccccc2O)cc1. The molecule has 120 valence electrons. The summed E-state index contributed by atoms with van der Waals surface area (Å²) in [4.78, 5) is 12.2. The quantitative estimate of drug-likeness (QED) is 0.775. The number of carbonyl (C=O) groups excluding carboxylic acids is 1. The van der Waals surface area contributed by atoms with Crippen molar-refractivity contribution in [1.82, 2.24) is 0 Å². The number of amides is 1. The van der Waals surface area contributed by atoms with Crippen LogP contribution in [-0.2, 0) is 0 Å². The van der Waals surface area contributed by atoms with Gasteiger partial charge in [-0.1, -0.05) is 51.1 Å². The Morgan fingerprint density at radius 1 is 1.00 bits per heavy atom. The minimum atomic E-state index is -0.240. The van der Waals surface area contributed by atoms with E-state index in [1.807, 2.05) is 12.1 Å². The van der Waals surface area contributed by atoms with Gasteiger partial charge in [-0.15, -0.1) is 0 Å². The van der Waals surface area contributed by atoms with Crippen molar-refractivity contribution in [2.45, 2.75) is 27.7 Å². The molecule has 23 heavy (non-hydrogen) atoms. The maximum absolute atomic E-state index is 12.2. The normalized spacial score (nSPS) is 12.1. The van der Waals surface area contributed by atoms with E-state index < -0.39 is 0 Å². The van der Waals surface area contributed by atoms with E-state index in [0.29, 0.717) is 11.3 Å². The van der Waals surface area contributed by atoms with Crippen molar-refractivity contribution in [2.75, 3.05) is 5.32 Å². The summed E-state index contributed by atoms with van der Waals surface area (Å²) in [5, 5.41) is 12.4. The summed E-state index contributed by atoms with van der Waals surface area (Å²) in [5.74, 6) is -0.183. The van der Waals surface area contributed by atoms with Gasteiger partial charge in [-0.3, -0.25) is 4.79 Å². The standard InChI is InChI=1S/C20H23NO2/c1-14(13-20(2,3)4)15-9-11-16(12-10-15)19(23)21-17-7-5-6-8-18(17)22/h5-13,22H,1-4H3,(H,21,23)/b14-13+. The smallest absolute Gasteiger partial charge is 0.255 e. The monoisotopic (exact) mass is 309 g/mol. The van der Waals surface area contributed by atoms with E-state index >= 15 is 0 Å². The van der Waals surface area contributed by atoms with Crippen molar-refractivity contribution in [1.29, 1.82) is 0 Å². The van der Waals surface area contributed by atoms with Crippen molar-refractivity contribution >= 4 is 17.2 Å². The lowest BCUT2D eigenvalue weighted by molar-refractivity contribution is 0.102. The summed E-state index contributed by atoms with van der Waals surface area (Å²) < 4.78 is 0. The first-order chi connectivity index (χ1) is 10.8. The van der Waals surface area contributed by atoms with E-state index in [1.54, 1.807) is 36.4 Å². The lowest BCUT2D eigenvalue weighted by Crippen LogP contribution is -2.11. The molecule has 3 nitrogen and oxygen atoms in total. The maximum atomic E-state index is 12.2. The van der Waals surface area contributed by atoms with E-state index in [1.165, 1.54) is 5.57 Å². The van der Waals surface area contributed by atoms with Gasteiger partial charge < -0.3 is 10.4 Å². The van der Waals surface area contributed by atoms with Gasteiger partial charge in [0.1, 0.15) is 5.75 Å². The van der Waals surface area contributed by atoms with Gasteiger partial charge in [-0.25, -0.2) is 0 Å². The van der Waals surface area contributed by atoms with Crippen molar-refractivity contribution in [3.05, 3.63) is 65.7 Å². The summed E-state index contributed by atoms with van der Waals surface area (Å²) in [6.45, 7) is 8.54. The van der Waals surface area contributed by atoms with Crippen LogP contribution in [0.1, 0.15) is 43.6 Å². The number of hydrogen-bond acceptors (Lipinski definition) is 2. The lowest BCUT2D eigenvalue weighted by Gasteiger charge is -2.14. The van der Waals surface area contributed by atoms with Gasteiger partial charge in [0.2, 0.25) is 0 Å². The minimum Gasteiger partial charge on any atom is -0.506 e. The number of phenolic OH excluding ortho intramolecular Hbond substituents is 1. The molecule has 3 heteroatoms. The topological polar surface area (TPSA) is 49.3 Å². The predicted molar refractivity (Wildman–Crippen MR) is 95.6 cm³/mol. The molecule has 0 unspecified atom stereocenters. The maximum Gasteiger partial charge on any atom is 0.255 e. The zero-order chi connectivity index (χ0) is 17.0. The van der Waals surface area contributed by atoms with Gasteiger partial charge >= 0.3 is 0 Å². The van der Waals surface area contributed by atoms with E-state index in [4.69, 9.17) is 0 Å². The van der Waals surface area contributed by atoms with E-state index in [-0.39, 0.29) is 17.1 Å². The Labute approximate surface area is 137 Å². The average Bonchev–Trinajstić information content (AvgIpc) is 2.48. The van der Waals surface area contributed by atoms with Crippen LogP contribution in [0.4, 0.5) is 5.69 Å². The van der Waals surface area contributed by atoms with Crippen LogP contribution >= 0.6 is 0 Å². The highest BCUT2D eigenvalue weighted by Gasteiger charge is 2.10. The molecule has 0 fully saturated rings. The molecule has 2 rings (SSSR count). The van der Waals surface area contributed by atoms with Crippen LogP contribution in [0.25, 0.3) is 5.57 Å². The molecule has 2 aromatic carbocycles. The lowest BCUT2D eigenvalue weighted by atomic mass is 9.91. The zero-order valence-electron chi connectivity index (χ0n) is 14.1. The summed E-state index contributed by atoms with van der Waals surface area (Å²) >= 11 is 0. The van der Waals surface area contributed by atoms with E-state index in [0.717, 1.165) is 5.56 Å². The van der Waals surface area contributed by atoms with Crippen LogP contribution in [0.2, 0.25) is 0 Å². The van der Waals surface area contributed by atoms with Gasteiger partial charge in [0.15, 0.2) is 0 Å². The largest absolute Gasteiger partial charge is 0.506 e. The van der Waals surface area contributed by atoms with E-state index in [9.17, 15) is 9.90 Å². The molecular formula is C20H23NO2. The zero-order valence-corrected chi connectivity index (χ0v) is 14.1. The van der Waals surface area contributed by atoms with Crippen molar-refractivity contribution in [3.8, 4) is 5.75 Å². The Morgan fingerprint density at radius 2 is 1.57 bits per heavy atom. The molecule has 0 radical (unpaired) electrons. The third kappa shape index (κ3) is 4.71. The molecule has 0 aliphatic heterocycles. The van der Waals surface area contributed by atoms with Gasteiger partial charge in [-0.05, 0) is 47.7 Å². The van der Waals surface area contributed by atoms with Gasteiger partial charge in [0, 0.05) is 5.56 Å². The molecule has 0 saturated heterocycles. The molecule has 0 aromatic heterocycles. The van der Waals surface area contributed by atoms with Gasteiger partial charge in [0.25, 0.3) is 5.91 Å². The number of nitrogens with one attached hydrogen (secondary N) is 1. The fourth-order valence-corrected chi connectivity index (χ4v) is 2.39. The number of phenols is 1. The third-order valence-electron chi connectivity index (χ3n) is 3.40. The Kier molecular flexibility index (Phi) is 4.89. The highest BCUT2D eigenvalue weighted by atomic mass is 16.3. The molecule has 2 aromatic rings. The summed E-state index contributed by atoms with van der Waals surface area (Å²) in [5.41, 5.74) is 3.36. The van der Waals surface area contributed by atoms with Crippen LogP contribution < -0.4 is 5.32 Å². The second-order valence-corrected chi connectivity index (χ2v) is 6.74. The second kappa shape index (κ2) is 6.69. The highest BCUT2D eigenvalue weighted by molar-refractivity contribution is 6.05. The Balaban J connectivity index is 2.15. The average molecular weight is 309 g/mol. The number of allylic oxidation sites excluding steroid dienone is 2. The fourth-order valence-electron chi connectivity index (χ4n) is 2.39. The number of para-hydroxylation sites is 2. The molecule has 0 spiro atoms. The third-order valence-corrected chi connectivity index (χ3v) is 3.40. The number of aromatic hydroxyl groups is 1. The van der Waals surface area contributed by atoms with Gasteiger partial charge in [0.05, 0.1) is 5.69 Å². The molecule has 0 aliphatic rings. The van der Waals surface area contributed by atoms with Crippen LogP contribution in [0.3, 0.4) is 0 Å². The number of carbonyl (C=O) groups is 1. The van der Waals surface area contributed by atoms with Crippen molar-refractivity contribution < 1.29 is 9.90 Å². The highest BCUT2D eigenvalue weighted by Crippen LogP contribution is 2.25. The second-order valence-electron chi connectivity index (χ2n) is 6.74. The number of hydrogen-bond donors (Lipinski definition) is 2. The van der Waals surface area contributed by atoms with Crippen molar-refractivity contribution in [3.63, 3.8) is 0 Å². The summed E-state index contributed by atoms with van der Waals surface area (Å²) in [6.07, 6.45) is 2.21. The Hall–Kier alpha value is -2.55. The van der Waals surface area contributed by atoms with Crippen LogP contribution in [-0.4, -0.2) is 11.0 Å². The molecule has 0 saturated carbocycles. The summed E-state index contributed by atoms with van der Waals surface area (Å²) in [7, 11) is 0. The molecular weight excluding hydrogens is 286 g/mol. The number of rotatable bonds is 3. The van der Waals surface area contributed by atoms with E-state index in [2.05, 4.69) is 39.1 Å². The van der Waals surface area contributed by atoms with Crippen molar-refractivity contribution in [2.24, 2.45) is 5.41 Å². The van der Waals surface area contributed by atoms with Crippen LogP contribution in [0.15, 0.2) is 54.6 Å². The van der Waals surface area contributed by atoms with Gasteiger partial charge in [-0.2, -0.15) is 0 Å². The van der Waals surface area contributed by atoms with Crippen LogP contribution in [0.5, 0.6) is 5.75 Å². The Bertz CT molecular complexity index is 722. The number of anilines is 1. The minimum absolute atomic E-state index is 0.0569. The summed E-state index contributed by atoms with van der Waals surface area (Å²) in [6, 6.07) is 14.2. The first-order valence-corrected chi connectivity index (χ1v) is 7.65. The molecule has 0 aliphatic carbocycles. The fraction of sp³-hybridized carbons (Fsp3) is 0.250. The molecule has 1 amide bonds. The first-order valence-electron chi connectivity index (χ1n) is 7.65. The molecule has 0 atom stereocenters. The molecule has 0 heterocycles. The Morgan fingerprint density at radius 3 is 2.13 bits per heavy atom. The first kappa shape index (κ1) is 16.8. The number of benzene rings is 2. The van der Waals surface area contributed by atoms with Crippen LogP contribution in [0, 0.1) is 5.41 Å². The molecule has 2 N–H and O–H groups in total. The molecule has 0 bridgehead atoms.